The quantitative estimate of drug-likeness (QED) is 0.810. The van der Waals surface area contributed by atoms with Gasteiger partial charge in [0.05, 0.1) is 17.3 Å². The van der Waals surface area contributed by atoms with E-state index in [-0.39, 0.29) is 9.63 Å². The van der Waals surface area contributed by atoms with Gasteiger partial charge < -0.3 is 4.74 Å². The van der Waals surface area contributed by atoms with Gasteiger partial charge >= 0.3 is 0 Å². The zero-order valence-corrected chi connectivity index (χ0v) is 14.5. The van der Waals surface area contributed by atoms with Crippen molar-refractivity contribution in [2.24, 2.45) is 7.05 Å². The molecule has 0 amide bonds. The molecule has 0 bridgehead atoms. The van der Waals surface area contributed by atoms with Gasteiger partial charge in [0.1, 0.15) is 5.75 Å². The molecule has 2 aromatic rings. The molecule has 0 saturated heterocycles. The first-order valence-corrected chi connectivity index (χ1v) is 8.33. The van der Waals surface area contributed by atoms with E-state index < -0.39 is 10.0 Å². The molecule has 0 radical (unpaired) electrons. The highest BCUT2D eigenvalue weighted by molar-refractivity contribution is 9.10. The Kier molecular flexibility index (Phi) is 4.35. The first-order valence-electron chi connectivity index (χ1n) is 5.26. The molecule has 7 nitrogen and oxygen atoms in total. The number of aromatic nitrogens is 3. The lowest BCUT2D eigenvalue weighted by molar-refractivity contribution is 0.412. The molecule has 20 heavy (non-hydrogen) atoms. The highest BCUT2D eigenvalue weighted by Gasteiger charge is 2.24. The molecule has 1 N–H and O–H groups in total. The first-order chi connectivity index (χ1) is 9.35. The second kappa shape index (κ2) is 5.70. The summed E-state index contributed by atoms with van der Waals surface area (Å²) >= 11 is 6.35. The van der Waals surface area contributed by atoms with Crippen LogP contribution in [0.5, 0.6) is 5.75 Å². The summed E-state index contributed by atoms with van der Waals surface area (Å²) < 4.78 is 34.1. The number of nitrogens with one attached hydrogen (secondary N) is 1. The second-order valence-corrected chi connectivity index (χ2v) is 6.97. The summed E-state index contributed by atoms with van der Waals surface area (Å²) in [5.41, 5.74) is 0.394. The molecule has 0 fully saturated rings. The Hall–Kier alpha value is -1.13. The number of aryl methyl sites for hydroxylation is 1. The van der Waals surface area contributed by atoms with E-state index >= 15 is 0 Å². The summed E-state index contributed by atoms with van der Waals surface area (Å²) in [6, 6.07) is 4.85. The maximum atomic E-state index is 12.3. The Morgan fingerprint density at radius 2 is 2.05 bits per heavy atom. The van der Waals surface area contributed by atoms with Gasteiger partial charge in [0.25, 0.3) is 10.0 Å². The fraction of sp³-hybridized carbons (Fsp3) is 0.200. The van der Waals surface area contributed by atoms with Gasteiger partial charge in [-0.25, -0.2) is 4.68 Å². The molecular formula is C10H10Br2N4O3S. The van der Waals surface area contributed by atoms with Gasteiger partial charge in [-0.1, -0.05) is 5.21 Å². The van der Waals surface area contributed by atoms with Gasteiger partial charge in [-0.3, -0.25) is 4.72 Å². The molecule has 1 aromatic carbocycles. The lowest BCUT2D eigenvalue weighted by Crippen LogP contribution is -2.17. The molecule has 1 heterocycles. The molecule has 0 spiro atoms. The van der Waals surface area contributed by atoms with Crippen LogP contribution in [0.15, 0.2) is 32.3 Å². The molecule has 108 valence electrons. The summed E-state index contributed by atoms with van der Waals surface area (Å²) in [6.07, 6.45) is 0. The van der Waals surface area contributed by atoms with Crippen molar-refractivity contribution in [2.45, 2.75) is 5.03 Å². The lowest BCUT2D eigenvalue weighted by Gasteiger charge is -2.10. The van der Waals surface area contributed by atoms with Gasteiger partial charge in [0, 0.05) is 7.05 Å². The van der Waals surface area contributed by atoms with Crippen LogP contribution in [0.4, 0.5) is 5.69 Å². The van der Waals surface area contributed by atoms with Crippen LogP contribution in [0, 0.1) is 0 Å². The number of benzene rings is 1. The molecule has 0 aliphatic rings. The predicted octanol–water partition coefficient (Wildman–Crippen LogP) is 2.15. The van der Waals surface area contributed by atoms with Crippen LogP contribution in [-0.2, 0) is 17.1 Å². The smallest absolute Gasteiger partial charge is 0.281 e. The van der Waals surface area contributed by atoms with E-state index in [9.17, 15) is 8.42 Å². The molecule has 1 aromatic heterocycles. The average Bonchev–Trinajstić information content (AvgIpc) is 2.69. The maximum Gasteiger partial charge on any atom is 0.281 e. The van der Waals surface area contributed by atoms with Crippen molar-refractivity contribution in [3.05, 3.63) is 27.3 Å². The number of anilines is 1. The number of methoxy groups -OCH3 is 1. The van der Waals surface area contributed by atoms with Crippen LogP contribution < -0.4 is 9.46 Å². The summed E-state index contributed by atoms with van der Waals surface area (Å²) in [5.74, 6) is 0.608. The number of hydrogen-bond donors (Lipinski definition) is 1. The molecule has 0 aliphatic heterocycles. The van der Waals surface area contributed by atoms with Crippen LogP contribution in [0.3, 0.4) is 0 Å². The van der Waals surface area contributed by atoms with Crippen molar-refractivity contribution in [2.75, 3.05) is 11.8 Å². The minimum atomic E-state index is -3.79. The SMILES string of the molecule is COc1ccc(NS(=O)(=O)c2c(Br)nnn2C)cc1Br. The van der Waals surface area contributed by atoms with E-state index in [2.05, 4.69) is 46.9 Å². The van der Waals surface area contributed by atoms with Crippen LogP contribution in [-0.4, -0.2) is 30.5 Å². The Bertz CT molecular complexity index is 725. The standard InChI is InChI=1S/C10H10Br2N4O3S/c1-16-10(9(12)13-15-16)20(17,18)14-6-3-4-8(19-2)7(11)5-6/h3-5,14H,1-2H3. The zero-order valence-electron chi connectivity index (χ0n) is 10.5. The minimum Gasteiger partial charge on any atom is -0.496 e. The Morgan fingerprint density at radius 1 is 1.35 bits per heavy atom. The topological polar surface area (TPSA) is 86.1 Å². The zero-order chi connectivity index (χ0) is 14.9. The van der Waals surface area contributed by atoms with Crippen LogP contribution in [0.1, 0.15) is 0 Å². The Balaban J connectivity index is 2.36. The third kappa shape index (κ3) is 2.96. The van der Waals surface area contributed by atoms with Gasteiger partial charge in [0.2, 0.25) is 5.03 Å². The largest absolute Gasteiger partial charge is 0.496 e. The summed E-state index contributed by atoms with van der Waals surface area (Å²) in [5, 5.41) is 7.24. The molecule has 0 unspecified atom stereocenters. The van der Waals surface area contributed by atoms with Gasteiger partial charge in [-0.2, -0.15) is 8.42 Å². The second-order valence-electron chi connectivity index (χ2n) is 3.76. The highest BCUT2D eigenvalue weighted by Crippen LogP contribution is 2.29. The van der Waals surface area contributed by atoms with Crippen molar-refractivity contribution in [1.29, 1.82) is 0 Å². The van der Waals surface area contributed by atoms with E-state index in [1.54, 1.807) is 18.2 Å². The molecule has 0 atom stereocenters. The number of ether oxygens (including phenoxy) is 1. The van der Waals surface area contributed by atoms with Crippen LogP contribution in [0.2, 0.25) is 0 Å². The third-order valence-corrected chi connectivity index (χ3v) is 5.28. The molecule has 0 aliphatic carbocycles. The Labute approximate surface area is 132 Å². The number of nitrogens with zero attached hydrogens (tertiary/aromatic N) is 3. The molecule has 2 rings (SSSR count). The molecule has 0 saturated carbocycles. The Morgan fingerprint density at radius 3 is 2.55 bits per heavy atom. The van der Waals surface area contributed by atoms with Crippen molar-refractivity contribution < 1.29 is 13.2 Å². The van der Waals surface area contributed by atoms with Gasteiger partial charge in [0.15, 0.2) is 4.60 Å². The van der Waals surface area contributed by atoms with Crippen molar-refractivity contribution in [3.8, 4) is 5.75 Å². The van der Waals surface area contributed by atoms with E-state index in [0.29, 0.717) is 15.9 Å². The van der Waals surface area contributed by atoms with E-state index in [1.165, 1.54) is 18.8 Å². The van der Waals surface area contributed by atoms with E-state index in [4.69, 9.17) is 4.74 Å². The fourth-order valence-electron chi connectivity index (χ4n) is 1.54. The van der Waals surface area contributed by atoms with Gasteiger partial charge in [-0.05, 0) is 50.1 Å². The molecular weight excluding hydrogens is 416 g/mol. The van der Waals surface area contributed by atoms with Crippen molar-refractivity contribution in [1.82, 2.24) is 15.0 Å². The highest BCUT2D eigenvalue weighted by atomic mass is 79.9. The van der Waals surface area contributed by atoms with E-state index in [0.717, 1.165) is 0 Å². The maximum absolute atomic E-state index is 12.3. The molecule has 10 heteroatoms. The average molecular weight is 426 g/mol. The fourth-order valence-corrected chi connectivity index (χ4v) is 4.23. The van der Waals surface area contributed by atoms with Crippen LogP contribution >= 0.6 is 31.9 Å². The van der Waals surface area contributed by atoms with Crippen molar-refractivity contribution in [3.63, 3.8) is 0 Å². The first kappa shape index (κ1) is 15.3. The lowest BCUT2D eigenvalue weighted by atomic mass is 10.3. The number of halogens is 2. The number of rotatable bonds is 4. The van der Waals surface area contributed by atoms with Crippen molar-refractivity contribution >= 4 is 47.6 Å². The number of hydrogen-bond acceptors (Lipinski definition) is 5. The predicted molar refractivity (Wildman–Crippen MR) is 80.2 cm³/mol. The summed E-state index contributed by atoms with van der Waals surface area (Å²) in [4.78, 5) is 0. The summed E-state index contributed by atoms with van der Waals surface area (Å²) in [6.45, 7) is 0. The van der Waals surface area contributed by atoms with E-state index in [1.807, 2.05) is 0 Å². The summed E-state index contributed by atoms with van der Waals surface area (Å²) in [7, 11) is -0.762. The third-order valence-electron chi connectivity index (χ3n) is 2.40. The normalized spacial score (nSPS) is 11.4. The monoisotopic (exact) mass is 424 g/mol. The van der Waals surface area contributed by atoms with Crippen LogP contribution in [0.25, 0.3) is 0 Å². The number of sulfonamides is 1. The van der Waals surface area contributed by atoms with Gasteiger partial charge in [-0.15, -0.1) is 5.10 Å². The minimum absolute atomic E-state index is 0.0514.